The van der Waals surface area contributed by atoms with Crippen molar-refractivity contribution in [2.24, 2.45) is 94.7 Å². The number of hydrogen-bond donors (Lipinski definition) is 7. The van der Waals surface area contributed by atoms with Gasteiger partial charge in [-0.15, -0.1) is 0 Å². The second-order valence-electron chi connectivity index (χ2n) is 34.2. The maximum atomic E-state index is 7.74. The molecule has 0 aromatic carbocycles. The predicted octanol–water partition coefficient (Wildman–Crippen LogP) is 13.4. The van der Waals surface area contributed by atoms with E-state index in [-0.39, 0.29) is 146 Å². The van der Waals surface area contributed by atoms with E-state index in [0.717, 1.165) is 156 Å². The molecule has 16 heteroatoms. The smallest absolute Gasteiger partial charge is 0.0678 e. The molecule has 32 unspecified atom stereocenters. The van der Waals surface area contributed by atoms with Crippen LogP contribution in [0, 0.1) is 94.7 Å². The molecule has 0 radical (unpaired) electrons. The van der Waals surface area contributed by atoms with E-state index in [1.54, 1.807) is 0 Å². The average Bonchev–Trinajstić information content (AvgIpc) is 1.58. The van der Waals surface area contributed by atoms with Crippen molar-refractivity contribution in [1.82, 2.24) is 42.1 Å². The Morgan fingerprint density at radius 2 is 0.381 bits per heavy atom. The van der Waals surface area contributed by atoms with Crippen molar-refractivity contribution in [2.75, 3.05) is 59.9 Å². The summed E-state index contributed by atoms with van der Waals surface area (Å²) in [4.78, 5) is 2.83. The number of rotatable bonds is 32. The molecule has 0 amide bonds. The first kappa shape index (κ1) is 74.6. The molecule has 16 nitrogen and oxygen atoms in total. The van der Waals surface area contributed by atoms with Crippen LogP contribution in [0.25, 0.3) is 0 Å². The zero-order valence-electron chi connectivity index (χ0n) is 63.0. The summed E-state index contributed by atoms with van der Waals surface area (Å²) < 4.78 is 61.7. The first-order valence-electron chi connectivity index (χ1n) is 42.8. The number of unbranched alkanes of at least 4 members (excludes halogenated alkanes) is 8. The Balaban J connectivity index is 1.01. The van der Waals surface area contributed by atoms with Gasteiger partial charge in [-0.3, -0.25) is 42.1 Å². The Hall–Kier alpha value is -0.640. The zero-order chi connectivity index (χ0) is 66.9. The number of nitrogens with zero attached hydrogens (tertiary/aromatic N) is 1. The summed E-state index contributed by atoms with van der Waals surface area (Å²) in [6.07, 6.45) is 37.9. The van der Waals surface area contributed by atoms with E-state index >= 15 is 0 Å². The molecule has 5 aliphatic heterocycles. The Morgan fingerprint density at radius 1 is 0.227 bits per heavy atom. The summed E-state index contributed by atoms with van der Waals surface area (Å²) in [6.45, 7) is 25.2. The van der Waals surface area contributed by atoms with Crippen LogP contribution in [0.15, 0.2) is 0 Å². The SMILES string of the molecule is CCCCOC1C2CCCCC2C(OCCCC)C2C3NC(NC4NC(NC5C6C(OCCCC)C7CCCCC7C(OCCCC)C6C(NC6NC(N3)C3C(OCCCC)C7CCCCC7C(OCCCC)C63)N5C)C3C(OCCCC)C5CCCCC5C(OCCCC)C43)C12. The van der Waals surface area contributed by atoms with Gasteiger partial charge in [0, 0.05) is 100 Å². The Labute approximate surface area is 590 Å². The van der Waals surface area contributed by atoms with Gasteiger partial charge in [0.2, 0.25) is 0 Å². The van der Waals surface area contributed by atoms with Gasteiger partial charge in [0.05, 0.1) is 98.2 Å². The molecule has 0 spiro atoms. The minimum absolute atomic E-state index is 0.0156. The van der Waals surface area contributed by atoms with E-state index in [1.165, 1.54) is 103 Å². The molecule has 13 rings (SSSR count). The van der Waals surface area contributed by atoms with Crippen LogP contribution < -0.4 is 37.2 Å². The van der Waals surface area contributed by atoms with Crippen LogP contribution in [0.2, 0.25) is 0 Å². The normalized spacial score (nSPS) is 46.1. The van der Waals surface area contributed by atoms with E-state index in [4.69, 9.17) is 59.2 Å². The minimum Gasteiger partial charge on any atom is -0.378 e. The molecule has 8 saturated carbocycles. The maximum Gasteiger partial charge on any atom is 0.0678 e. The molecule has 13 aliphatic rings. The summed E-state index contributed by atoms with van der Waals surface area (Å²) in [6, 6.07) is 0. The van der Waals surface area contributed by atoms with Crippen molar-refractivity contribution in [3.63, 3.8) is 0 Å². The van der Waals surface area contributed by atoms with Crippen LogP contribution in [0.4, 0.5) is 0 Å². The summed E-state index contributed by atoms with van der Waals surface area (Å²) in [5, 5.41) is 33.2. The van der Waals surface area contributed by atoms with Gasteiger partial charge in [0.15, 0.2) is 0 Å². The Morgan fingerprint density at radius 3 is 0.546 bits per heavy atom. The number of fused-ring (bicyclic) bond motifs is 24. The summed E-state index contributed by atoms with van der Waals surface area (Å²) >= 11 is 0. The summed E-state index contributed by atoms with van der Waals surface area (Å²) in [5.41, 5.74) is 0. The molecule has 0 aromatic heterocycles. The lowest BCUT2D eigenvalue weighted by Gasteiger charge is -2.54. The van der Waals surface area contributed by atoms with Gasteiger partial charge in [-0.05, 0) is 157 Å². The zero-order valence-corrected chi connectivity index (χ0v) is 63.0. The van der Waals surface area contributed by atoms with E-state index in [9.17, 15) is 0 Å². The molecule has 5 saturated heterocycles. The maximum absolute atomic E-state index is 7.74. The highest BCUT2D eigenvalue weighted by molar-refractivity contribution is 5.20. The van der Waals surface area contributed by atoms with Gasteiger partial charge in [0.1, 0.15) is 0 Å². The number of ether oxygens (including phenoxy) is 8. The van der Waals surface area contributed by atoms with Gasteiger partial charge in [-0.25, -0.2) is 0 Å². The molecule has 7 N–H and O–H groups in total. The molecular formula is C81H146N8O8. The van der Waals surface area contributed by atoms with Crippen LogP contribution in [-0.2, 0) is 37.9 Å². The lowest BCUT2D eigenvalue weighted by molar-refractivity contribution is -0.182. The fourth-order valence-corrected chi connectivity index (χ4v) is 24.2. The fourth-order valence-electron chi connectivity index (χ4n) is 24.2. The highest BCUT2D eigenvalue weighted by atomic mass is 16.5. The molecule has 5 heterocycles. The number of nitrogens with one attached hydrogen (secondary N) is 7. The van der Waals surface area contributed by atoms with Crippen molar-refractivity contribution in [3.8, 4) is 0 Å². The minimum atomic E-state index is -0.0669. The largest absolute Gasteiger partial charge is 0.378 e. The molecule has 97 heavy (non-hydrogen) atoms. The average molecular weight is 1360 g/mol. The monoisotopic (exact) mass is 1360 g/mol. The lowest BCUT2D eigenvalue weighted by Crippen LogP contribution is -2.63. The topological polar surface area (TPSA) is 161 Å². The van der Waals surface area contributed by atoms with Crippen molar-refractivity contribution in [1.29, 1.82) is 0 Å². The first-order chi connectivity index (χ1) is 47.8. The third-order valence-electron chi connectivity index (χ3n) is 28.6. The van der Waals surface area contributed by atoms with Gasteiger partial charge in [0.25, 0.3) is 0 Å². The van der Waals surface area contributed by atoms with Gasteiger partial charge < -0.3 is 37.9 Å². The highest BCUT2D eigenvalue weighted by Gasteiger charge is 2.69. The van der Waals surface area contributed by atoms with Crippen molar-refractivity contribution >= 4 is 0 Å². The van der Waals surface area contributed by atoms with Gasteiger partial charge >= 0.3 is 0 Å². The molecule has 8 bridgehead atoms. The standard InChI is InChI=1S/C81H146N8O8/c1-10-18-42-90-66-50-34-26-27-35-51(50)67(91-43-19-11-2)59-58(66)74-82-75(59)84-77-61-63(71(95-47-23-15-6)55-39-31-29-37-53(55)69(61)93-45-21-13-4)79(86-77)88-81-65-64(72(96-48-24-16-7)56-40-32-33-41-57(56)73(65)97-49-25-17-8)80(89(81)9)87-78-62-60(76(83-74)85-78)68(92-44-20-12-3)52-36-28-30-38-54(52)70(62)94-46-22-14-5/h50-88H,10-49H2,1-9H3. The molecule has 558 valence electrons. The van der Waals surface area contributed by atoms with E-state index < -0.39 is 0 Å². The van der Waals surface area contributed by atoms with Crippen molar-refractivity contribution in [3.05, 3.63) is 0 Å². The van der Waals surface area contributed by atoms with Crippen LogP contribution >= 0.6 is 0 Å². The van der Waals surface area contributed by atoms with Crippen LogP contribution in [-0.4, -0.2) is 163 Å². The molecular weight excluding hydrogens is 1210 g/mol. The molecule has 13 fully saturated rings. The van der Waals surface area contributed by atoms with Crippen molar-refractivity contribution in [2.45, 2.75) is 359 Å². The third-order valence-corrected chi connectivity index (χ3v) is 28.6. The molecule has 32 atom stereocenters. The third kappa shape index (κ3) is 15.5. The number of hydrogen-bond acceptors (Lipinski definition) is 16. The second kappa shape index (κ2) is 36.1. The van der Waals surface area contributed by atoms with Gasteiger partial charge in [-0.2, -0.15) is 0 Å². The predicted molar refractivity (Wildman–Crippen MR) is 387 cm³/mol. The van der Waals surface area contributed by atoms with Gasteiger partial charge in [-0.1, -0.05) is 158 Å². The summed E-state index contributed by atoms with van der Waals surface area (Å²) in [7, 11) is 2.51. The quantitative estimate of drug-likeness (QED) is 0.0318. The first-order valence-corrected chi connectivity index (χ1v) is 42.8. The fraction of sp³-hybridized carbons (Fsp3) is 1.00. The lowest BCUT2D eigenvalue weighted by atomic mass is 9.58. The van der Waals surface area contributed by atoms with E-state index in [1.807, 2.05) is 0 Å². The summed E-state index contributed by atoms with van der Waals surface area (Å²) in [5.74, 6) is 4.85. The highest BCUT2D eigenvalue weighted by Crippen LogP contribution is 2.59. The second-order valence-corrected chi connectivity index (χ2v) is 34.2. The van der Waals surface area contributed by atoms with Crippen LogP contribution in [0.3, 0.4) is 0 Å². The Kier molecular flexibility index (Phi) is 27.8. The van der Waals surface area contributed by atoms with Crippen LogP contribution in [0.5, 0.6) is 0 Å². The van der Waals surface area contributed by atoms with E-state index in [2.05, 4.69) is 83.3 Å². The molecule has 0 aromatic rings. The van der Waals surface area contributed by atoms with E-state index in [0.29, 0.717) is 47.3 Å². The molecule has 8 aliphatic carbocycles. The van der Waals surface area contributed by atoms with Crippen LogP contribution in [0.1, 0.15) is 261 Å². The Bertz CT molecular complexity index is 2160. The van der Waals surface area contributed by atoms with Crippen molar-refractivity contribution < 1.29 is 37.9 Å².